The zero-order valence-electron chi connectivity index (χ0n) is 26.0. The molecule has 9 heteroatoms. The monoisotopic (exact) mass is 621 g/mol. The third-order valence-corrected chi connectivity index (χ3v) is 9.65. The van der Waals surface area contributed by atoms with Gasteiger partial charge in [-0.15, -0.1) is 0 Å². The number of sulfonamides is 1. The molecular weight excluding hydrogens is 577 g/mol. The summed E-state index contributed by atoms with van der Waals surface area (Å²) in [7, 11) is -3.61. The molecule has 44 heavy (non-hydrogen) atoms. The van der Waals surface area contributed by atoms with Crippen LogP contribution in [-0.4, -0.2) is 50.0 Å². The quantitative estimate of drug-likeness (QED) is 0.251. The van der Waals surface area contributed by atoms with Crippen LogP contribution >= 0.6 is 0 Å². The van der Waals surface area contributed by atoms with Gasteiger partial charge in [-0.25, -0.2) is 12.8 Å². The van der Waals surface area contributed by atoms with Gasteiger partial charge in [-0.1, -0.05) is 73.9 Å². The molecule has 1 atom stereocenters. The van der Waals surface area contributed by atoms with Gasteiger partial charge in [0, 0.05) is 37.5 Å². The van der Waals surface area contributed by atoms with Crippen molar-refractivity contribution in [2.75, 3.05) is 17.1 Å². The topological polar surface area (TPSA) is 86.8 Å². The second-order valence-corrected chi connectivity index (χ2v) is 13.8. The second kappa shape index (κ2) is 15.3. The molecule has 0 bridgehead atoms. The first-order valence-electron chi connectivity index (χ1n) is 15.4. The highest BCUT2D eigenvalue weighted by molar-refractivity contribution is 7.92. The Morgan fingerprint density at radius 1 is 0.932 bits per heavy atom. The van der Waals surface area contributed by atoms with Crippen LogP contribution in [0.2, 0.25) is 0 Å². The predicted molar refractivity (Wildman–Crippen MR) is 173 cm³/mol. The van der Waals surface area contributed by atoms with Gasteiger partial charge >= 0.3 is 0 Å². The Morgan fingerprint density at radius 3 is 2.27 bits per heavy atom. The van der Waals surface area contributed by atoms with Gasteiger partial charge in [0.05, 0.1) is 11.9 Å². The van der Waals surface area contributed by atoms with E-state index in [1.54, 1.807) is 24.3 Å². The number of halogens is 1. The number of hydrogen-bond acceptors (Lipinski definition) is 4. The van der Waals surface area contributed by atoms with Gasteiger partial charge in [0.1, 0.15) is 11.9 Å². The van der Waals surface area contributed by atoms with Crippen LogP contribution in [0.4, 0.5) is 10.1 Å². The minimum Gasteiger partial charge on any atom is -0.352 e. The molecule has 3 aromatic carbocycles. The Morgan fingerprint density at radius 2 is 1.61 bits per heavy atom. The Kier molecular flexibility index (Phi) is 11.6. The van der Waals surface area contributed by atoms with Gasteiger partial charge in [0.25, 0.3) is 0 Å². The molecule has 7 nitrogen and oxygen atoms in total. The van der Waals surface area contributed by atoms with Crippen molar-refractivity contribution in [3.05, 3.63) is 101 Å². The number of nitrogens with one attached hydrogen (secondary N) is 1. The maximum Gasteiger partial charge on any atom is 0.243 e. The number of benzene rings is 3. The van der Waals surface area contributed by atoms with E-state index < -0.39 is 21.9 Å². The number of carbonyl (C=O) groups is 2. The molecule has 1 aliphatic rings. The number of carbonyl (C=O) groups excluding carboxylic acids is 2. The zero-order valence-corrected chi connectivity index (χ0v) is 26.8. The third kappa shape index (κ3) is 9.14. The number of aryl methyl sites for hydroxylation is 2. The molecule has 1 fully saturated rings. The molecule has 0 aromatic heterocycles. The van der Waals surface area contributed by atoms with Crippen LogP contribution in [0.5, 0.6) is 0 Å². The summed E-state index contributed by atoms with van der Waals surface area (Å²) >= 11 is 0. The fourth-order valence-corrected chi connectivity index (χ4v) is 6.75. The first-order valence-corrected chi connectivity index (χ1v) is 17.3. The van der Waals surface area contributed by atoms with E-state index in [-0.39, 0.29) is 50.2 Å². The van der Waals surface area contributed by atoms with Crippen molar-refractivity contribution in [2.24, 2.45) is 0 Å². The first-order chi connectivity index (χ1) is 21.0. The summed E-state index contributed by atoms with van der Waals surface area (Å²) in [5, 5.41) is 3.19. The number of nitrogens with zero attached hydrogens (tertiary/aromatic N) is 2. The Balaban J connectivity index is 1.60. The summed E-state index contributed by atoms with van der Waals surface area (Å²) < 4.78 is 41.7. The highest BCUT2D eigenvalue weighted by Crippen LogP contribution is 2.24. The molecule has 0 heterocycles. The van der Waals surface area contributed by atoms with Gasteiger partial charge in [-0.3, -0.25) is 13.9 Å². The van der Waals surface area contributed by atoms with Crippen molar-refractivity contribution in [1.82, 2.24) is 10.2 Å². The van der Waals surface area contributed by atoms with Crippen LogP contribution in [0, 0.1) is 19.7 Å². The van der Waals surface area contributed by atoms with Gasteiger partial charge in [0.15, 0.2) is 0 Å². The van der Waals surface area contributed by atoms with Gasteiger partial charge in [0.2, 0.25) is 21.8 Å². The molecule has 0 aliphatic heterocycles. The van der Waals surface area contributed by atoms with Crippen molar-refractivity contribution in [3.63, 3.8) is 0 Å². The Hall–Kier alpha value is -3.72. The second-order valence-electron chi connectivity index (χ2n) is 11.9. The number of anilines is 1. The predicted octanol–water partition coefficient (Wildman–Crippen LogP) is 6.08. The molecule has 1 aliphatic carbocycles. The van der Waals surface area contributed by atoms with Crippen molar-refractivity contribution in [1.29, 1.82) is 0 Å². The normalized spacial score (nSPS) is 14.5. The number of amides is 2. The van der Waals surface area contributed by atoms with Crippen LogP contribution < -0.4 is 9.62 Å². The number of rotatable bonds is 13. The fraction of sp³-hybridized carbons (Fsp3) is 0.429. The molecule has 4 rings (SSSR count). The SMILES string of the molecule is Cc1ccc(N(CCCC(=O)N(Cc2ccccc2F)[C@H](Cc2ccccc2)C(=O)NC2CCCCC2)S(C)(=O)=O)cc1C. The minimum absolute atomic E-state index is 0.00663. The van der Waals surface area contributed by atoms with Crippen molar-refractivity contribution < 1.29 is 22.4 Å². The van der Waals surface area contributed by atoms with E-state index in [2.05, 4.69) is 5.32 Å². The largest absolute Gasteiger partial charge is 0.352 e. The van der Waals surface area contributed by atoms with Crippen molar-refractivity contribution >= 4 is 27.5 Å². The molecule has 2 amide bonds. The average Bonchev–Trinajstić information content (AvgIpc) is 3.00. The maximum absolute atomic E-state index is 14.9. The van der Waals surface area contributed by atoms with E-state index in [1.165, 1.54) is 15.3 Å². The smallest absolute Gasteiger partial charge is 0.243 e. The molecule has 3 aromatic rings. The summed E-state index contributed by atoms with van der Waals surface area (Å²) in [6, 6.07) is 20.4. The summed E-state index contributed by atoms with van der Waals surface area (Å²) in [5.74, 6) is -1.03. The van der Waals surface area contributed by atoms with Crippen LogP contribution in [-0.2, 0) is 32.6 Å². The summed E-state index contributed by atoms with van der Waals surface area (Å²) in [6.07, 6.45) is 6.67. The van der Waals surface area contributed by atoms with Gasteiger partial charge in [-0.2, -0.15) is 0 Å². The molecule has 0 saturated heterocycles. The van der Waals surface area contributed by atoms with E-state index in [1.807, 2.05) is 56.3 Å². The van der Waals surface area contributed by atoms with E-state index in [9.17, 15) is 22.4 Å². The van der Waals surface area contributed by atoms with E-state index in [0.29, 0.717) is 11.3 Å². The van der Waals surface area contributed by atoms with E-state index in [0.717, 1.165) is 55.1 Å². The number of hydrogen-bond donors (Lipinski definition) is 1. The highest BCUT2D eigenvalue weighted by atomic mass is 32.2. The van der Waals surface area contributed by atoms with Gasteiger partial charge < -0.3 is 10.2 Å². The third-order valence-electron chi connectivity index (χ3n) is 8.45. The van der Waals surface area contributed by atoms with Crippen molar-refractivity contribution in [2.45, 2.75) is 83.8 Å². The lowest BCUT2D eigenvalue weighted by molar-refractivity contribution is -0.141. The highest BCUT2D eigenvalue weighted by Gasteiger charge is 2.32. The maximum atomic E-state index is 14.9. The standard InChI is InChI=1S/C35H44FN3O4S/c1-26-20-21-31(23-27(26)2)39(44(3,42)43)22-12-19-34(40)38(25-29-15-10-11-18-32(29)36)33(24-28-13-6-4-7-14-28)35(41)37-30-16-8-5-9-17-30/h4,6-7,10-11,13-15,18,20-21,23,30,33H,5,8-9,12,16-17,19,22,24-25H2,1-3H3,(H,37,41)/t33-/m1/s1. The lowest BCUT2D eigenvalue weighted by Crippen LogP contribution is -2.53. The molecule has 0 radical (unpaired) electrons. The van der Waals surface area contributed by atoms with E-state index >= 15 is 0 Å². The summed E-state index contributed by atoms with van der Waals surface area (Å²) in [5.41, 5.74) is 3.77. The minimum atomic E-state index is -3.61. The molecule has 1 saturated carbocycles. The van der Waals surface area contributed by atoms with Crippen molar-refractivity contribution in [3.8, 4) is 0 Å². The lowest BCUT2D eigenvalue weighted by atomic mass is 9.94. The molecule has 0 spiro atoms. The first kappa shape index (κ1) is 33.2. The molecule has 0 unspecified atom stereocenters. The zero-order chi connectivity index (χ0) is 31.7. The Labute approximate surface area is 261 Å². The fourth-order valence-electron chi connectivity index (χ4n) is 5.79. The average molecular weight is 622 g/mol. The summed E-state index contributed by atoms with van der Waals surface area (Å²) in [6.45, 7) is 3.91. The van der Waals surface area contributed by atoms with Crippen LogP contribution in [0.15, 0.2) is 72.8 Å². The lowest BCUT2D eigenvalue weighted by Gasteiger charge is -2.34. The molecule has 1 N–H and O–H groups in total. The Bertz CT molecular complexity index is 1520. The van der Waals surface area contributed by atoms with Gasteiger partial charge in [-0.05, 0) is 68.0 Å². The van der Waals surface area contributed by atoms with Crippen LogP contribution in [0.25, 0.3) is 0 Å². The molecule has 236 valence electrons. The summed E-state index contributed by atoms with van der Waals surface area (Å²) in [4.78, 5) is 29.4. The van der Waals surface area contributed by atoms with Crippen LogP contribution in [0.1, 0.15) is 67.2 Å². The van der Waals surface area contributed by atoms with Crippen LogP contribution in [0.3, 0.4) is 0 Å². The van der Waals surface area contributed by atoms with E-state index in [4.69, 9.17) is 0 Å². The molecular formula is C35H44FN3O4S.